The third-order valence-electron chi connectivity index (χ3n) is 3.33. The molecule has 1 aliphatic carbocycles. The SMILES string of the molecule is CC(/C=C/C=C(\C)C1=Cc2ccccc2C1)=C\C(=O)O. The number of aliphatic carboxylic acids is 1. The van der Waals surface area contributed by atoms with Crippen LogP contribution in [-0.4, -0.2) is 11.1 Å². The maximum Gasteiger partial charge on any atom is 0.328 e. The van der Waals surface area contributed by atoms with E-state index < -0.39 is 5.97 Å². The molecule has 2 rings (SSSR count). The molecule has 0 aromatic heterocycles. The van der Waals surface area contributed by atoms with Gasteiger partial charge in [-0.1, -0.05) is 48.6 Å². The standard InChI is InChI=1S/C18H18O2/c1-13(10-18(19)20)6-5-7-14(2)17-11-15-8-3-4-9-16(15)12-17/h3-11H,12H2,1-2H3,(H,19,20)/b6-5+,13-10+,14-7+. The number of benzene rings is 1. The Morgan fingerprint density at radius 2 is 2.00 bits per heavy atom. The van der Waals surface area contributed by atoms with Gasteiger partial charge in [-0.2, -0.15) is 0 Å². The largest absolute Gasteiger partial charge is 0.478 e. The fourth-order valence-corrected chi connectivity index (χ4v) is 2.23. The van der Waals surface area contributed by atoms with Crippen LogP contribution in [0.1, 0.15) is 25.0 Å². The summed E-state index contributed by atoms with van der Waals surface area (Å²) in [6.07, 6.45) is 10.1. The van der Waals surface area contributed by atoms with Crippen molar-refractivity contribution in [3.05, 3.63) is 76.4 Å². The van der Waals surface area contributed by atoms with Crippen molar-refractivity contribution in [2.75, 3.05) is 0 Å². The van der Waals surface area contributed by atoms with Crippen molar-refractivity contribution in [1.82, 2.24) is 0 Å². The summed E-state index contributed by atoms with van der Waals surface area (Å²) in [5, 5.41) is 8.63. The number of hydrogen-bond donors (Lipinski definition) is 1. The second-order valence-corrected chi connectivity index (χ2v) is 4.98. The van der Waals surface area contributed by atoms with Crippen LogP contribution in [0.3, 0.4) is 0 Å². The van der Waals surface area contributed by atoms with E-state index in [1.165, 1.54) is 28.3 Å². The Morgan fingerprint density at radius 1 is 1.25 bits per heavy atom. The molecule has 0 atom stereocenters. The first kappa shape index (κ1) is 14.1. The van der Waals surface area contributed by atoms with Gasteiger partial charge in [0.1, 0.15) is 0 Å². The minimum absolute atomic E-state index is 0.727. The quantitative estimate of drug-likeness (QED) is 0.656. The highest BCUT2D eigenvalue weighted by atomic mass is 16.4. The number of fused-ring (bicyclic) bond motifs is 1. The van der Waals surface area contributed by atoms with E-state index in [0.717, 1.165) is 12.0 Å². The predicted octanol–water partition coefficient (Wildman–Crippen LogP) is 4.16. The summed E-state index contributed by atoms with van der Waals surface area (Å²) in [5.41, 5.74) is 5.91. The second kappa shape index (κ2) is 6.20. The first-order valence-corrected chi connectivity index (χ1v) is 6.61. The van der Waals surface area contributed by atoms with E-state index in [-0.39, 0.29) is 0 Å². The van der Waals surface area contributed by atoms with E-state index in [1.54, 1.807) is 13.0 Å². The normalized spacial score (nSPS) is 15.4. The Labute approximate surface area is 119 Å². The average molecular weight is 266 g/mol. The fourth-order valence-electron chi connectivity index (χ4n) is 2.23. The number of carbonyl (C=O) groups is 1. The Balaban J connectivity index is 2.07. The molecule has 0 saturated heterocycles. The van der Waals surface area contributed by atoms with Gasteiger partial charge in [0, 0.05) is 6.08 Å². The van der Waals surface area contributed by atoms with Gasteiger partial charge in [-0.3, -0.25) is 0 Å². The Hall–Kier alpha value is -2.35. The molecule has 102 valence electrons. The predicted molar refractivity (Wildman–Crippen MR) is 82.4 cm³/mol. The summed E-state index contributed by atoms with van der Waals surface area (Å²) in [5.74, 6) is -0.915. The Morgan fingerprint density at radius 3 is 2.70 bits per heavy atom. The maximum atomic E-state index is 10.5. The van der Waals surface area contributed by atoms with Crippen LogP contribution < -0.4 is 0 Å². The highest BCUT2D eigenvalue weighted by Crippen LogP contribution is 2.28. The Bertz CT molecular complexity index is 643. The molecule has 20 heavy (non-hydrogen) atoms. The molecular formula is C18H18O2. The van der Waals surface area contributed by atoms with Gasteiger partial charge < -0.3 is 5.11 Å². The van der Waals surface area contributed by atoms with E-state index in [2.05, 4.69) is 37.3 Å². The topological polar surface area (TPSA) is 37.3 Å². The van der Waals surface area contributed by atoms with Crippen molar-refractivity contribution in [2.45, 2.75) is 20.3 Å². The molecule has 0 amide bonds. The van der Waals surface area contributed by atoms with Gasteiger partial charge in [-0.15, -0.1) is 0 Å². The summed E-state index contributed by atoms with van der Waals surface area (Å²) in [6.45, 7) is 3.86. The number of carboxylic acid groups (broad SMARTS) is 1. The molecule has 2 nitrogen and oxygen atoms in total. The molecular weight excluding hydrogens is 248 g/mol. The molecule has 0 unspecified atom stereocenters. The highest BCUT2D eigenvalue weighted by Gasteiger charge is 2.12. The van der Waals surface area contributed by atoms with Crippen LogP contribution in [0.2, 0.25) is 0 Å². The van der Waals surface area contributed by atoms with Crippen LogP contribution in [0, 0.1) is 0 Å². The lowest BCUT2D eigenvalue weighted by molar-refractivity contribution is -0.131. The average Bonchev–Trinajstić information content (AvgIpc) is 2.81. The van der Waals surface area contributed by atoms with Crippen LogP contribution in [0.15, 0.2) is 65.3 Å². The second-order valence-electron chi connectivity index (χ2n) is 4.98. The molecule has 0 saturated carbocycles. The van der Waals surface area contributed by atoms with Gasteiger partial charge in [0.2, 0.25) is 0 Å². The van der Waals surface area contributed by atoms with E-state index >= 15 is 0 Å². The Kier molecular flexibility index (Phi) is 4.36. The fraction of sp³-hybridized carbons (Fsp3) is 0.167. The van der Waals surface area contributed by atoms with Gasteiger partial charge in [0.25, 0.3) is 0 Å². The number of hydrogen-bond acceptors (Lipinski definition) is 1. The lowest BCUT2D eigenvalue weighted by Crippen LogP contribution is -1.88. The van der Waals surface area contributed by atoms with Crippen molar-refractivity contribution in [3.63, 3.8) is 0 Å². The molecule has 0 bridgehead atoms. The molecule has 0 fully saturated rings. The minimum atomic E-state index is -0.915. The lowest BCUT2D eigenvalue weighted by atomic mass is 10.0. The van der Waals surface area contributed by atoms with Crippen LogP contribution in [0.25, 0.3) is 6.08 Å². The third-order valence-corrected chi connectivity index (χ3v) is 3.33. The van der Waals surface area contributed by atoms with Gasteiger partial charge >= 0.3 is 5.97 Å². The number of carboxylic acids is 1. The van der Waals surface area contributed by atoms with Crippen LogP contribution in [0.5, 0.6) is 0 Å². The van der Waals surface area contributed by atoms with Gasteiger partial charge in [0.15, 0.2) is 0 Å². The minimum Gasteiger partial charge on any atom is -0.478 e. The van der Waals surface area contributed by atoms with E-state index in [9.17, 15) is 4.79 Å². The zero-order chi connectivity index (χ0) is 14.5. The van der Waals surface area contributed by atoms with Crippen molar-refractivity contribution in [1.29, 1.82) is 0 Å². The molecule has 0 radical (unpaired) electrons. The molecule has 0 spiro atoms. The molecule has 1 aromatic rings. The lowest BCUT2D eigenvalue weighted by Gasteiger charge is -2.00. The zero-order valence-corrected chi connectivity index (χ0v) is 11.8. The van der Waals surface area contributed by atoms with E-state index in [0.29, 0.717) is 0 Å². The van der Waals surface area contributed by atoms with Crippen molar-refractivity contribution in [2.24, 2.45) is 0 Å². The smallest absolute Gasteiger partial charge is 0.328 e. The maximum absolute atomic E-state index is 10.5. The first-order valence-electron chi connectivity index (χ1n) is 6.61. The van der Waals surface area contributed by atoms with E-state index in [4.69, 9.17) is 5.11 Å². The van der Waals surface area contributed by atoms with Gasteiger partial charge in [-0.05, 0) is 48.1 Å². The summed E-state index contributed by atoms with van der Waals surface area (Å²) in [4.78, 5) is 10.5. The molecule has 1 N–H and O–H groups in total. The molecule has 0 heterocycles. The van der Waals surface area contributed by atoms with Crippen molar-refractivity contribution in [3.8, 4) is 0 Å². The van der Waals surface area contributed by atoms with E-state index in [1.807, 2.05) is 12.2 Å². The van der Waals surface area contributed by atoms with Gasteiger partial charge in [-0.25, -0.2) is 4.79 Å². The van der Waals surface area contributed by atoms with Crippen LogP contribution in [-0.2, 0) is 11.2 Å². The van der Waals surface area contributed by atoms with Crippen molar-refractivity contribution >= 4 is 12.0 Å². The van der Waals surface area contributed by atoms with Crippen molar-refractivity contribution < 1.29 is 9.90 Å². The summed E-state index contributed by atoms with van der Waals surface area (Å²) >= 11 is 0. The zero-order valence-electron chi connectivity index (χ0n) is 11.8. The van der Waals surface area contributed by atoms with Crippen LogP contribution in [0.4, 0.5) is 0 Å². The third kappa shape index (κ3) is 3.58. The molecule has 1 aromatic carbocycles. The molecule has 1 aliphatic rings. The first-order chi connectivity index (χ1) is 9.56. The number of rotatable bonds is 4. The number of allylic oxidation sites excluding steroid dienone is 6. The summed E-state index contributed by atoms with van der Waals surface area (Å²) in [6, 6.07) is 8.40. The summed E-state index contributed by atoms with van der Waals surface area (Å²) < 4.78 is 0. The molecule has 2 heteroatoms. The van der Waals surface area contributed by atoms with Gasteiger partial charge in [0.05, 0.1) is 0 Å². The molecule has 0 aliphatic heterocycles. The highest BCUT2D eigenvalue weighted by molar-refractivity contribution is 5.81. The van der Waals surface area contributed by atoms with Crippen LogP contribution >= 0.6 is 0 Å². The summed E-state index contributed by atoms with van der Waals surface area (Å²) in [7, 11) is 0. The monoisotopic (exact) mass is 266 g/mol.